The van der Waals surface area contributed by atoms with Crippen molar-refractivity contribution in [2.75, 3.05) is 12.3 Å². The Morgan fingerprint density at radius 1 is 1.89 bits per heavy atom. The standard InChI is InChI=1S/C4H8FNO2S/c5-3(4(7)8)9-2-1-6/h3H,1-2,6H2,(H,7,8). The molecule has 0 aromatic heterocycles. The zero-order chi connectivity index (χ0) is 7.28. The van der Waals surface area contributed by atoms with Gasteiger partial charge in [-0.05, 0) is 0 Å². The molecule has 1 unspecified atom stereocenters. The number of alkyl halides is 1. The second-order valence-electron chi connectivity index (χ2n) is 1.31. The lowest BCUT2D eigenvalue weighted by Crippen LogP contribution is -2.13. The maximum Gasteiger partial charge on any atom is 0.348 e. The van der Waals surface area contributed by atoms with Gasteiger partial charge in [0.2, 0.25) is 5.50 Å². The molecule has 0 spiro atoms. The fourth-order valence-corrected chi connectivity index (χ4v) is 0.728. The number of nitrogens with two attached hydrogens (primary N) is 1. The second-order valence-corrected chi connectivity index (χ2v) is 2.47. The molecular formula is C4H8FNO2S. The Balaban J connectivity index is 3.27. The average molecular weight is 153 g/mol. The summed E-state index contributed by atoms with van der Waals surface area (Å²) in [4.78, 5) is 9.77. The first kappa shape index (κ1) is 8.71. The van der Waals surface area contributed by atoms with E-state index in [1.165, 1.54) is 0 Å². The fourth-order valence-electron chi connectivity index (χ4n) is 0.243. The third-order valence-corrected chi connectivity index (χ3v) is 1.54. The van der Waals surface area contributed by atoms with Gasteiger partial charge in [0.05, 0.1) is 0 Å². The largest absolute Gasteiger partial charge is 0.478 e. The van der Waals surface area contributed by atoms with Crippen molar-refractivity contribution in [1.82, 2.24) is 0 Å². The first-order valence-corrected chi connectivity index (χ1v) is 3.42. The minimum atomic E-state index is -1.83. The normalized spacial score (nSPS) is 13.1. The zero-order valence-corrected chi connectivity index (χ0v) is 5.53. The van der Waals surface area contributed by atoms with Crippen molar-refractivity contribution < 1.29 is 14.3 Å². The van der Waals surface area contributed by atoms with E-state index in [1.54, 1.807) is 0 Å². The van der Waals surface area contributed by atoms with Crippen molar-refractivity contribution in [2.45, 2.75) is 5.50 Å². The van der Waals surface area contributed by atoms with Crippen LogP contribution in [0.1, 0.15) is 0 Å². The van der Waals surface area contributed by atoms with Gasteiger partial charge in [0.1, 0.15) is 0 Å². The van der Waals surface area contributed by atoms with Gasteiger partial charge in [-0.3, -0.25) is 0 Å². The van der Waals surface area contributed by atoms with Crippen molar-refractivity contribution in [3.63, 3.8) is 0 Å². The molecule has 3 nitrogen and oxygen atoms in total. The van der Waals surface area contributed by atoms with Crippen LogP contribution in [0.15, 0.2) is 0 Å². The minimum Gasteiger partial charge on any atom is -0.478 e. The molecule has 0 bridgehead atoms. The summed E-state index contributed by atoms with van der Waals surface area (Å²) in [6, 6.07) is 0. The molecule has 0 heterocycles. The van der Waals surface area contributed by atoms with Crippen molar-refractivity contribution in [1.29, 1.82) is 0 Å². The Morgan fingerprint density at radius 3 is 2.78 bits per heavy atom. The summed E-state index contributed by atoms with van der Waals surface area (Å²) in [6.07, 6.45) is 0. The van der Waals surface area contributed by atoms with Crippen LogP contribution in [0.5, 0.6) is 0 Å². The highest BCUT2D eigenvalue weighted by Crippen LogP contribution is 2.10. The van der Waals surface area contributed by atoms with Crippen LogP contribution in [0.3, 0.4) is 0 Å². The monoisotopic (exact) mass is 153 g/mol. The van der Waals surface area contributed by atoms with Crippen LogP contribution in [0.2, 0.25) is 0 Å². The molecule has 0 saturated carbocycles. The number of hydrogen-bond donors (Lipinski definition) is 2. The smallest absolute Gasteiger partial charge is 0.348 e. The fraction of sp³-hybridized carbons (Fsp3) is 0.750. The first-order valence-electron chi connectivity index (χ1n) is 2.37. The molecule has 0 radical (unpaired) electrons. The average Bonchev–Trinajstić information content (AvgIpc) is 1.82. The summed E-state index contributed by atoms with van der Waals surface area (Å²) in [5.74, 6) is -1.10. The molecule has 0 amide bonds. The SMILES string of the molecule is NCCSC(F)C(=O)O. The van der Waals surface area contributed by atoms with Gasteiger partial charge in [0.15, 0.2) is 0 Å². The van der Waals surface area contributed by atoms with E-state index in [9.17, 15) is 9.18 Å². The van der Waals surface area contributed by atoms with E-state index in [1.807, 2.05) is 0 Å². The molecular weight excluding hydrogens is 145 g/mol. The number of carboxylic acid groups (broad SMARTS) is 1. The van der Waals surface area contributed by atoms with Crippen LogP contribution >= 0.6 is 11.8 Å². The van der Waals surface area contributed by atoms with Crippen LogP contribution in [-0.4, -0.2) is 28.9 Å². The highest BCUT2D eigenvalue weighted by atomic mass is 32.2. The van der Waals surface area contributed by atoms with Crippen molar-refractivity contribution in [3.8, 4) is 0 Å². The van der Waals surface area contributed by atoms with Gasteiger partial charge in [-0.15, -0.1) is 11.8 Å². The van der Waals surface area contributed by atoms with Gasteiger partial charge >= 0.3 is 5.97 Å². The Hall–Kier alpha value is -0.290. The second kappa shape index (κ2) is 4.58. The number of aliphatic carboxylic acids is 1. The minimum absolute atomic E-state index is 0.304. The number of rotatable bonds is 4. The summed E-state index contributed by atoms with van der Waals surface area (Å²) < 4.78 is 12.0. The summed E-state index contributed by atoms with van der Waals surface area (Å²) in [5.41, 5.74) is 3.17. The maximum absolute atomic E-state index is 12.0. The molecule has 5 heteroatoms. The summed E-state index contributed by atoms with van der Waals surface area (Å²) in [6.45, 7) is 0.304. The molecule has 54 valence electrons. The Kier molecular flexibility index (Phi) is 4.43. The number of hydrogen-bond acceptors (Lipinski definition) is 3. The third kappa shape index (κ3) is 4.23. The molecule has 0 rings (SSSR count). The highest BCUT2D eigenvalue weighted by molar-refractivity contribution is 8.00. The van der Waals surface area contributed by atoms with E-state index in [4.69, 9.17) is 10.8 Å². The predicted molar refractivity (Wildman–Crippen MR) is 34.0 cm³/mol. The third-order valence-electron chi connectivity index (χ3n) is 0.576. The van der Waals surface area contributed by atoms with Gasteiger partial charge in [-0.2, -0.15) is 0 Å². The van der Waals surface area contributed by atoms with Crippen molar-refractivity contribution in [2.24, 2.45) is 5.73 Å². The molecule has 0 aliphatic carbocycles. The molecule has 0 aliphatic rings. The number of carbonyl (C=O) groups is 1. The number of halogens is 1. The molecule has 1 atom stereocenters. The lowest BCUT2D eigenvalue weighted by molar-refractivity contribution is -0.139. The van der Waals surface area contributed by atoms with E-state index < -0.39 is 11.5 Å². The maximum atomic E-state index is 12.0. The van der Waals surface area contributed by atoms with Crippen molar-refractivity contribution >= 4 is 17.7 Å². The summed E-state index contributed by atoms with van der Waals surface area (Å²) in [7, 11) is 0. The lowest BCUT2D eigenvalue weighted by Gasteiger charge is -1.98. The van der Waals surface area contributed by atoms with E-state index >= 15 is 0 Å². The van der Waals surface area contributed by atoms with Gasteiger partial charge in [-0.25, -0.2) is 9.18 Å². The van der Waals surface area contributed by atoms with Crippen LogP contribution in [-0.2, 0) is 4.79 Å². The molecule has 0 fully saturated rings. The van der Waals surface area contributed by atoms with Gasteiger partial charge in [0.25, 0.3) is 0 Å². The van der Waals surface area contributed by atoms with E-state index in [0.717, 1.165) is 0 Å². The summed E-state index contributed by atoms with van der Waals surface area (Å²) >= 11 is 0.693. The van der Waals surface area contributed by atoms with Crippen LogP contribution < -0.4 is 5.73 Å². The predicted octanol–water partition coefficient (Wildman–Crippen LogP) is 0.0585. The Labute approximate surface area is 56.4 Å². The molecule has 0 aromatic rings. The van der Waals surface area contributed by atoms with Gasteiger partial charge in [0, 0.05) is 12.3 Å². The Morgan fingerprint density at radius 2 is 2.44 bits per heavy atom. The molecule has 0 saturated heterocycles. The first-order chi connectivity index (χ1) is 4.18. The van der Waals surface area contributed by atoms with Gasteiger partial charge < -0.3 is 10.8 Å². The summed E-state index contributed by atoms with van der Waals surface area (Å²) in [5, 5.41) is 7.97. The van der Waals surface area contributed by atoms with Crippen LogP contribution in [0.4, 0.5) is 4.39 Å². The number of thioether (sulfide) groups is 1. The topological polar surface area (TPSA) is 63.3 Å². The quantitative estimate of drug-likeness (QED) is 0.599. The van der Waals surface area contributed by atoms with Gasteiger partial charge in [-0.1, -0.05) is 0 Å². The van der Waals surface area contributed by atoms with Crippen LogP contribution in [0, 0.1) is 0 Å². The molecule has 0 aliphatic heterocycles. The van der Waals surface area contributed by atoms with E-state index in [0.29, 0.717) is 24.1 Å². The zero-order valence-electron chi connectivity index (χ0n) is 4.71. The Bertz CT molecular complexity index is 101. The van der Waals surface area contributed by atoms with E-state index in [-0.39, 0.29) is 0 Å². The molecule has 0 aromatic carbocycles. The lowest BCUT2D eigenvalue weighted by atomic mass is 10.8. The molecule has 9 heavy (non-hydrogen) atoms. The van der Waals surface area contributed by atoms with Crippen molar-refractivity contribution in [3.05, 3.63) is 0 Å². The number of carboxylic acids is 1. The van der Waals surface area contributed by atoms with Crippen LogP contribution in [0.25, 0.3) is 0 Å². The molecule has 3 N–H and O–H groups in total. The highest BCUT2D eigenvalue weighted by Gasteiger charge is 2.14. The van der Waals surface area contributed by atoms with E-state index in [2.05, 4.69) is 0 Å².